The van der Waals surface area contributed by atoms with Crippen LogP contribution in [-0.4, -0.2) is 47.8 Å². The lowest BCUT2D eigenvalue weighted by molar-refractivity contribution is -0.0669. The van der Waals surface area contributed by atoms with E-state index in [0.717, 1.165) is 0 Å². The van der Waals surface area contributed by atoms with Gasteiger partial charge in [0.15, 0.2) is 0 Å². The second kappa shape index (κ2) is 5.80. The summed E-state index contributed by atoms with van der Waals surface area (Å²) in [5.41, 5.74) is -0.795. The molecular formula is C13H14F3NO3. The largest absolute Gasteiger partial charge is 0.394 e. The van der Waals surface area contributed by atoms with Crippen LogP contribution in [0.5, 0.6) is 0 Å². The highest BCUT2D eigenvalue weighted by atomic mass is 19.1. The monoisotopic (exact) mass is 289 g/mol. The topological polar surface area (TPSA) is 49.8 Å². The summed E-state index contributed by atoms with van der Waals surface area (Å²) in [6.45, 7) is 1.53. The number of ether oxygens (including phenoxy) is 1. The number of aliphatic hydroxyl groups excluding tert-OH is 1. The molecule has 0 aliphatic carbocycles. The highest BCUT2D eigenvalue weighted by Gasteiger charge is 2.32. The van der Waals surface area contributed by atoms with Crippen molar-refractivity contribution in [1.82, 2.24) is 4.90 Å². The summed E-state index contributed by atoms with van der Waals surface area (Å²) in [7, 11) is 0. The summed E-state index contributed by atoms with van der Waals surface area (Å²) in [5, 5.41) is 9.03. The number of hydrogen-bond donors (Lipinski definition) is 1. The third kappa shape index (κ3) is 2.78. The Kier molecular flexibility index (Phi) is 4.29. The van der Waals surface area contributed by atoms with Crippen molar-refractivity contribution < 1.29 is 27.8 Å². The number of carbonyl (C=O) groups excluding carboxylic acids is 1. The van der Waals surface area contributed by atoms with Gasteiger partial charge in [-0.3, -0.25) is 4.79 Å². The van der Waals surface area contributed by atoms with Crippen molar-refractivity contribution in [2.45, 2.75) is 19.1 Å². The summed E-state index contributed by atoms with van der Waals surface area (Å²) in [6.07, 6.45) is -0.596. The van der Waals surface area contributed by atoms with E-state index < -0.39 is 41.1 Å². The summed E-state index contributed by atoms with van der Waals surface area (Å²) in [4.78, 5) is 13.4. The van der Waals surface area contributed by atoms with E-state index in [9.17, 15) is 18.0 Å². The minimum atomic E-state index is -1.24. The second-order valence-corrected chi connectivity index (χ2v) is 4.69. The molecule has 1 aromatic rings. The average molecular weight is 289 g/mol. The first-order chi connectivity index (χ1) is 9.43. The maximum Gasteiger partial charge on any atom is 0.260 e. The molecule has 0 bridgehead atoms. The van der Waals surface area contributed by atoms with E-state index in [-0.39, 0.29) is 19.8 Å². The van der Waals surface area contributed by atoms with Gasteiger partial charge in [0.25, 0.3) is 5.91 Å². The molecule has 1 heterocycles. The number of halogens is 3. The van der Waals surface area contributed by atoms with E-state index in [2.05, 4.69) is 0 Å². The molecule has 1 N–H and O–H groups in total. The molecular weight excluding hydrogens is 275 g/mol. The normalized spacial score (nSPS) is 22.9. The van der Waals surface area contributed by atoms with Crippen LogP contribution in [0.25, 0.3) is 0 Å². The van der Waals surface area contributed by atoms with E-state index in [1.54, 1.807) is 6.92 Å². The number of carbonyl (C=O) groups is 1. The first kappa shape index (κ1) is 14.8. The minimum absolute atomic E-state index is 0.0206. The van der Waals surface area contributed by atoms with Gasteiger partial charge in [-0.15, -0.1) is 0 Å². The zero-order valence-corrected chi connectivity index (χ0v) is 10.8. The third-order valence-electron chi connectivity index (χ3n) is 3.19. The van der Waals surface area contributed by atoms with Crippen molar-refractivity contribution in [3.8, 4) is 0 Å². The SMILES string of the molecule is CC1COC(CO)CN1C(=O)c1c(F)cc(F)cc1F. The van der Waals surface area contributed by atoms with Crippen molar-refractivity contribution in [2.24, 2.45) is 0 Å². The molecule has 0 saturated carbocycles. The Morgan fingerprint density at radius 1 is 1.40 bits per heavy atom. The van der Waals surface area contributed by atoms with E-state index in [1.807, 2.05) is 0 Å². The molecule has 110 valence electrons. The fraction of sp³-hybridized carbons (Fsp3) is 0.462. The van der Waals surface area contributed by atoms with Gasteiger partial charge in [-0.05, 0) is 6.92 Å². The predicted molar refractivity (Wildman–Crippen MR) is 63.6 cm³/mol. The Morgan fingerprint density at radius 3 is 2.55 bits per heavy atom. The number of benzene rings is 1. The van der Waals surface area contributed by atoms with Gasteiger partial charge in [-0.1, -0.05) is 0 Å². The number of morpholine rings is 1. The van der Waals surface area contributed by atoms with Crippen LogP contribution >= 0.6 is 0 Å². The summed E-state index contributed by atoms with van der Waals surface area (Å²) >= 11 is 0. The summed E-state index contributed by atoms with van der Waals surface area (Å²) in [5.74, 6) is -4.45. The lowest BCUT2D eigenvalue weighted by Gasteiger charge is -2.37. The van der Waals surface area contributed by atoms with E-state index in [1.165, 1.54) is 4.90 Å². The summed E-state index contributed by atoms with van der Waals surface area (Å²) in [6, 6.07) is 0.532. The number of amides is 1. The predicted octanol–water partition coefficient (Wildman–Crippen LogP) is 1.33. The van der Waals surface area contributed by atoms with E-state index in [4.69, 9.17) is 9.84 Å². The fourth-order valence-electron chi connectivity index (χ4n) is 2.10. The number of aliphatic hydroxyl groups is 1. The van der Waals surface area contributed by atoms with Crippen LogP contribution in [-0.2, 0) is 4.74 Å². The third-order valence-corrected chi connectivity index (χ3v) is 3.19. The van der Waals surface area contributed by atoms with Gasteiger partial charge in [0.05, 0.1) is 25.4 Å². The van der Waals surface area contributed by atoms with Gasteiger partial charge < -0.3 is 14.7 Å². The van der Waals surface area contributed by atoms with Crippen LogP contribution < -0.4 is 0 Å². The molecule has 2 atom stereocenters. The molecule has 2 rings (SSSR count). The van der Waals surface area contributed by atoms with Crippen LogP contribution in [0.2, 0.25) is 0 Å². The van der Waals surface area contributed by atoms with Crippen LogP contribution in [0, 0.1) is 17.5 Å². The highest BCUT2D eigenvalue weighted by Crippen LogP contribution is 2.20. The molecule has 0 spiro atoms. The van der Waals surface area contributed by atoms with Crippen molar-refractivity contribution in [3.63, 3.8) is 0 Å². The minimum Gasteiger partial charge on any atom is -0.394 e. The van der Waals surface area contributed by atoms with Crippen molar-refractivity contribution >= 4 is 5.91 Å². The maximum absolute atomic E-state index is 13.6. The Balaban J connectivity index is 2.30. The van der Waals surface area contributed by atoms with Crippen molar-refractivity contribution in [3.05, 3.63) is 35.1 Å². The van der Waals surface area contributed by atoms with E-state index >= 15 is 0 Å². The first-order valence-electron chi connectivity index (χ1n) is 6.12. The first-order valence-corrected chi connectivity index (χ1v) is 6.12. The number of hydrogen-bond acceptors (Lipinski definition) is 3. The zero-order chi connectivity index (χ0) is 14.9. The number of nitrogens with zero attached hydrogens (tertiary/aromatic N) is 1. The Morgan fingerprint density at radius 2 is 2.00 bits per heavy atom. The number of rotatable bonds is 2. The van der Waals surface area contributed by atoms with Gasteiger partial charge in [0.1, 0.15) is 23.0 Å². The quantitative estimate of drug-likeness (QED) is 0.893. The van der Waals surface area contributed by atoms with Gasteiger partial charge in [-0.2, -0.15) is 0 Å². The average Bonchev–Trinajstić information content (AvgIpc) is 2.37. The highest BCUT2D eigenvalue weighted by molar-refractivity contribution is 5.95. The standard InChI is InChI=1S/C13H14F3NO3/c1-7-6-20-9(5-18)4-17(7)13(19)12-10(15)2-8(14)3-11(12)16/h2-3,7,9,18H,4-6H2,1H3. The van der Waals surface area contributed by atoms with Crippen LogP contribution in [0.3, 0.4) is 0 Å². The van der Waals surface area contributed by atoms with Crippen LogP contribution in [0.15, 0.2) is 12.1 Å². The van der Waals surface area contributed by atoms with Gasteiger partial charge >= 0.3 is 0 Å². The molecule has 1 aromatic carbocycles. The molecule has 1 amide bonds. The molecule has 1 aliphatic heterocycles. The Hall–Kier alpha value is -1.60. The van der Waals surface area contributed by atoms with Crippen molar-refractivity contribution in [1.29, 1.82) is 0 Å². The molecule has 1 aliphatic rings. The zero-order valence-electron chi connectivity index (χ0n) is 10.8. The molecule has 2 unspecified atom stereocenters. The molecule has 7 heteroatoms. The van der Waals surface area contributed by atoms with E-state index in [0.29, 0.717) is 12.1 Å². The fourth-order valence-corrected chi connectivity index (χ4v) is 2.10. The lowest BCUT2D eigenvalue weighted by atomic mass is 10.1. The molecule has 4 nitrogen and oxygen atoms in total. The van der Waals surface area contributed by atoms with Crippen molar-refractivity contribution in [2.75, 3.05) is 19.8 Å². The van der Waals surface area contributed by atoms with Gasteiger partial charge in [-0.25, -0.2) is 13.2 Å². The molecule has 1 fully saturated rings. The Bertz CT molecular complexity index is 501. The molecule has 0 aromatic heterocycles. The lowest BCUT2D eigenvalue weighted by Crippen LogP contribution is -2.52. The summed E-state index contributed by atoms with van der Waals surface area (Å²) < 4.78 is 45.3. The smallest absolute Gasteiger partial charge is 0.260 e. The second-order valence-electron chi connectivity index (χ2n) is 4.69. The Labute approximate surface area is 113 Å². The molecule has 1 saturated heterocycles. The van der Waals surface area contributed by atoms with Gasteiger partial charge in [0, 0.05) is 18.7 Å². The van der Waals surface area contributed by atoms with Gasteiger partial charge in [0.2, 0.25) is 0 Å². The molecule has 20 heavy (non-hydrogen) atoms. The maximum atomic E-state index is 13.6. The molecule has 0 radical (unpaired) electrons. The van der Waals surface area contributed by atoms with Crippen LogP contribution in [0.1, 0.15) is 17.3 Å². The van der Waals surface area contributed by atoms with Crippen LogP contribution in [0.4, 0.5) is 13.2 Å².